The van der Waals surface area contributed by atoms with Crippen molar-refractivity contribution >= 4 is 16.8 Å². The summed E-state index contributed by atoms with van der Waals surface area (Å²) in [5.74, 6) is -0.195. The van der Waals surface area contributed by atoms with Crippen LogP contribution in [0.4, 0.5) is 0 Å². The van der Waals surface area contributed by atoms with Crippen LogP contribution in [0.2, 0.25) is 0 Å². The fourth-order valence-corrected chi connectivity index (χ4v) is 2.83. The number of fused-ring (bicyclic) bond motifs is 1. The van der Waals surface area contributed by atoms with Gasteiger partial charge in [-0.15, -0.1) is 0 Å². The Balaban J connectivity index is 1.93. The summed E-state index contributed by atoms with van der Waals surface area (Å²) in [5, 5.41) is 13.6. The zero-order chi connectivity index (χ0) is 16.4. The van der Waals surface area contributed by atoms with Crippen molar-refractivity contribution in [2.75, 3.05) is 6.61 Å². The minimum Gasteiger partial charge on any atom is -0.394 e. The van der Waals surface area contributed by atoms with E-state index in [4.69, 9.17) is 0 Å². The number of aromatic nitrogens is 1. The van der Waals surface area contributed by atoms with Gasteiger partial charge >= 0.3 is 0 Å². The van der Waals surface area contributed by atoms with Crippen molar-refractivity contribution in [2.24, 2.45) is 0 Å². The van der Waals surface area contributed by atoms with Crippen LogP contribution in [0.1, 0.15) is 33.2 Å². The number of hydrogen-bond donors (Lipinski definition) is 3. The van der Waals surface area contributed by atoms with E-state index in [2.05, 4.69) is 10.3 Å². The van der Waals surface area contributed by atoms with Gasteiger partial charge in [-0.2, -0.15) is 0 Å². The molecule has 0 spiro atoms. The van der Waals surface area contributed by atoms with E-state index < -0.39 is 6.04 Å². The van der Waals surface area contributed by atoms with Gasteiger partial charge in [0.05, 0.1) is 23.7 Å². The molecule has 0 aliphatic heterocycles. The van der Waals surface area contributed by atoms with Gasteiger partial charge in [0.1, 0.15) is 0 Å². The maximum absolute atomic E-state index is 12.7. The van der Waals surface area contributed by atoms with Crippen LogP contribution in [0.5, 0.6) is 0 Å². The first kappa shape index (κ1) is 15.3. The summed E-state index contributed by atoms with van der Waals surface area (Å²) in [6, 6.07) is 14.7. The van der Waals surface area contributed by atoms with Gasteiger partial charge in [-0.25, -0.2) is 0 Å². The lowest BCUT2D eigenvalue weighted by atomic mass is 10.1. The summed E-state index contributed by atoms with van der Waals surface area (Å²) < 4.78 is 0. The second-order valence-corrected chi connectivity index (χ2v) is 5.72. The molecule has 0 unspecified atom stereocenters. The van der Waals surface area contributed by atoms with Gasteiger partial charge in [-0.05, 0) is 31.0 Å². The molecular formula is C19H20N2O2. The van der Waals surface area contributed by atoms with Gasteiger partial charge in [-0.3, -0.25) is 4.79 Å². The number of carbonyl (C=O) groups is 1. The molecular weight excluding hydrogens is 288 g/mol. The van der Waals surface area contributed by atoms with Gasteiger partial charge < -0.3 is 15.4 Å². The number of H-pyrrole nitrogens is 1. The summed E-state index contributed by atoms with van der Waals surface area (Å²) in [5.41, 5.74) is 4.52. The van der Waals surface area contributed by atoms with E-state index in [-0.39, 0.29) is 12.5 Å². The maximum atomic E-state index is 12.7. The SMILES string of the molecule is Cc1[nH]c2c(C(=O)N[C@H](CO)c3ccccc3)cccc2c1C. The Hall–Kier alpha value is -2.59. The van der Waals surface area contributed by atoms with E-state index >= 15 is 0 Å². The largest absolute Gasteiger partial charge is 0.394 e. The number of aliphatic hydroxyl groups is 1. The Morgan fingerprint density at radius 3 is 2.57 bits per heavy atom. The number of carbonyl (C=O) groups excluding carboxylic acids is 1. The lowest BCUT2D eigenvalue weighted by molar-refractivity contribution is 0.0917. The molecule has 4 nitrogen and oxygen atoms in total. The van der Waals surface area contributed by atoms with Crippen LogP contribution in [0.15, 0.2) is 48.5 Å². The minimum atomic E-state index is -0.420. The van der Waals surface area contributed by atoms with Crippen LogP contribution in [0.3, 0.4) is 0 Å². The molecule has 3 rings (SSSR count). The Morgan fingerprint density at radius 2 is 1.87 bits per heavy atom. The predicted molar refractivity (Wildman–Crippen MR) is 91.5 cm³/mol. The molecule has 4 heteroatoms. The zero-order valence-electron chi connectivity index (χ0n) is 13.3. The van der Waals surface area contributed by atoms with E-state index in [9.17, 15) is 9.90 Å². The average molecular weight is 308 g/mol. The molecule has 0 fully saturated rings. The van der Waals surface area contributed by atoms with E-state index in [1.807, 2.05) is 56.3 Å². The lowest BCUT2D eigenvalue weighted by Gasteiger charge is -2.17. The third-order valence-electron chi connectivity index (χ3n) is 4.28. The van der Waals surface area contributed by atoms with Gasteiger partial charge in [0.25, 0.3) is 5.91 Å². The van der Waals surface area contributed by atoms with Crippen LogP contribution >= 0.6 is 0 Å². The summed E-state index contributed by atoms with van der Waals surface area (Å²) in [7, 11) is 0. The zero-order valence-corrected chi connectivity index (χ0v) is 13.3. The van der Waals surface area contributed by atoms with E-state index in [1.54, 1.807) is 6.07 Å². The molecule has 1 heterocycles. The van der Waals surface area contributed by atoms with Crippen molar-refractivity contribution in [2.45, 2.75) is 19.9 Å². The van der Waals surface area contributed by atoms with E-state index in [0.717, 1.165) is 27.7 Å². The quantitative estimate of drug-likeness (QED) is 0.692. The van der Waals surface area contributed by atoms with Crippen LogP contribution in [-0.2, 0) is 0 Å². The average Bonchev–Trinajstić information content (AvgIpc) is 2.88. The normalized spacial score (nSPS) is 12.3. The van der Waals surface area contributed by atoms with Gasteiger partial charge in [-0.1, -0.05) is 42.5 Å². The number of amides is 1. The number of hydrogen-bond acceptors (Lipinski definition) is 2. The fourth-order valence-electron chi connectivity index (χ4n) is 2.83. The lowest BCUT2D eigenvalue weighted by Crippen LogP contribution is -2.30. The van der Waals surface area contributed by atoms with Gasteiger partial charge in [0.2, 0.25) is 0 Å². The number of nitrogens with one attached hydrogen (secondary N) is 2. The second-order valence-electron chi connectivity index (χ2n) is 5.72. The predicted octanol–water partition coefficient (Wildman–Crippen LogP) is 3.25. The number of rotatable bonds is 4. The Morgan fingerprint density at radius 1 is 1.13 bits per heavy atom. The van der Waals surface area contributed by atoms with Crippen molar-refractivity contribution in [3.05, 3.63) is 70.9 Å². The highest BCUT2D eigenvalue weighted by Crippen LogP contribution is 2.24. The monoisotopic (exact) mass is 308 g/mol. The fraction of sp³-hybridized carbons (Fsp3) is 0.211. The van der Waals surface area contributed by atoms with Gasteiger partial charge in [0.15, 0.2) is 0 Å². The van der Waals surface area contributed by atoms with Crippen molar-refractivity contribution < 1.29 is 9.90 Å². The third-order valence-corrected chi connectivity index (χ3v) is 4.28. The summed E-state index contributed by atoms with van der Waals surface area (Å²) in [6.45, 7) is 3.89. The molecule has 1 atom stereocenters. The molecule has 0 radical (unpaired) electrons. The van der Waals surface area contributed by atoms with E-state index in [0.29, 0.717) is 5.56 Å². The summed E-state index contributed by atoms with van der Waals surface area (Å²) in [4.78, 5) is 16.0. The third kappa shape index (κ3) is 2.85. The number of aliphatic hydroxyl groups excluding tert-OH is 1. The molecule has 0 aliphatic carbocycles. The van der Waals surface area contributed by atoms with E-state index in [1.165, 1.54) is 0 Å². The number of para-hydroxylation sites is 1. The molecule has 2 aromatic carbocycles. The first-order chi connectivity index (χ1) is 11.1. The first-order valence-electron chi connectivity index (χ1n) is 7.66. The molecule has 3 aromatic rings. The molecule has 1 aromatic heterocycles. The Labute approximate surface area is 135 Å². The van der Waals surface area contributed by atoms with Crippen molar-refractivity contribution in [3.63, 3.8) is 0 Å². The maximum Gasteiger partial charge on any atom is 0.253 e. The van der Waals surface area contributed by atoms with Crippen LogP contribution in [0.25, 0.3) is 10.9 Å². The number of benzene rings is 2. The summed E-state index contributed by atoms with van der Waals surface area (Å²) >= 11 is 0. The van der Waals surface area contributed by atoms with Gasteiger partial charge in [0, 0.05) is 11.1 Å². The highest BCUT2D eigenvalue weighted by Gasteiger charge is 2.18. The molecule has 0 aliphatic rings. The van der Waals surface area contributed by atoms with Crippen molar-refractivity contribution in [3.8, 4) is 0 Å². The molecule has 23 heavy (non-hydrogen) atoms. The molecule has 1 amide bonds. The minimum absolute atomic E-state index is 0.144. The molecule has 0 saturated heterocycles. The smallest absolute Gasteiger partial charge is 0.253 e. The Bertz CT molecular complexity index is 837. The van der Waals surface area contributed by atoms with Crippen molar-refractivity contribution in [1.82, 2.24) is 10.3 Å². The standard InChI is InChI=1S/C19H20N2O2/c1-12-13(2)20-18-15(12)9-6-10-16(18)19(23)21-17(11-22)14-7-4-3-5-8-14/h3-10,17,20,22H,11H2,1-2H3,(H,21,23)/t17-/m1/s1. The molecule has 0 bridgehead atoms. The molecule has 3 N–H and O–H groups in total. The highest BCUT2D eigenvalue weighted by molar-refractivity contribution is 6.06. The molecule has 0 saturated carbocycles. The first-order valence-corrected chi connectivity index (χ1v) is 7.66. The topological polar surface area (TPSA) is 65.1 Å². The van der Waals surface area contributed by atoms with Crippen molar-refractivity contribution in [1.29, 1.82) is 0 Å². The van der Waals surface area contributed by atoms with Crippen LogP contribution < -0.4 is 5.32 Å². The van der Waals surface area contributed by atoms with Crippen LogP contribution in [-0.4, -0.2) is 22.6 Å². The Kier molecular flexibility index (Phi) is 4.17. The number of aryl methyl sites for hydroxylation is 2. The number of aromatic amines is 1. The second kappa shape index (κ2) is 6.26. The molecule has 118 valence electrons. The highest BCUT2D eigenvalue weighted by atomic mass is 16.3. The summed E-state index contributed by atoms with van der Waals surface area (Å²) in [6.07, 6.45) is 0. The van der Waals surface area contributed by atoms with Crippen LogP contribution in [0, 0.1) is 13.8 Å².